The Morgan fingerprint density at radius 2 is 1.86 bits per heavy atom. The SMILES string of the molecule is CN=C(NCCCN1CCC(C)CC1)NCC1CCN(Cc2cccs2)CC1. The summed E-state index contributed by atoms with van der Waals surface area (Å²) in [5, 5.41) is 9.23. The first-order valence-electron chi connectivity index (χ1n) is 11.1. The van der Waals surface area contributed by atoms with Gasteiger partial charge >= 0.3 is 0 Å². The number of nitrogens with zero attached hydrogens (tertiary/aromatic N) is 3. The van der Waals surface area contributed by atoms with Gasteiger partial charge in [0.1, 0.15) is 0 Å². The second-order valence-corrected chi connectivity index (χ2v) is 9.59. The van der Waals surface area contributed by atoms with Gasteiger partial charge in [-0.25, -0.2) is 0 Å². The van der Waals surface area contributed by atoms with E-state index in [0.717, 1.165) is 37.4 Å². The zero-order valence-electron chi connectivity index (χ0n) is 17.8. The van der Waals surface area contributed by atoms with E-state index >= 15 is 0 Å². The van der Waals surface area contributed by atoms with Crippen molar-refractivity contribution in [2.75, 3.05) is 52.9 Å². The molecule has 1 aromatic heterocycles. The molecule has 0 unspecified atom stereocenters. The molecule has 2 N–H and O–H groups in total. The van der Waals surface area contributed by atoms with Crippen molar-refractivity contribution in [3.05, 3.63) is 22.4 Å². The molecule has 0 bridgehead atoms. The fourth-order valence-corrected chi connectivity index (χ4v) is 4.97. The standard InChI is InChI=1S/C22H39N5S/c1-19-6-12-26(13-7-19)11-4-10-24-22(23-2)25-17-20-8-14-27(15-9-20)18-21-5-3-16-28-21/h3,5,16,19-20H,4,6-15,17-18H2,1-2H3,(H2,23,24,25). The molecule has 6 heteroatoms. The zero-order valence-corrected chi connectivity index (χ0v) is 18.6. The number of hydrogen-bond acceptors (Lipinski definition) is 4. The molecular formula is C22H39N5S. The smallest absolute Gasteiger partial charge is 0.190 e. The van der Waals surface area contributed by atoms with Gasteiger partial charge in [-0.1, -0.05) is 13.0 Å². The van der Waals surface area contributed by atoms with Gasteiger partial charge in [0.05, 0.1) is 0 Å². The second kappa shape index (κ2) is 11.8. The van der Waals surface area contributed by atoms with Gasteiger partial charge in [-0.15, -0.1) is 11.3 Å². The number of likely N-dealkylation sites (tertiary alicyclic amines) is 2. The molecule has 28 heavy (non-hydrogen) atoms. The number of piperidine rings is 2. The highest BCUT2D eigenvalue weighted by Crippen LogP contribution is 2.20. The summed E-state index contributed by atoms with van der Waals surface area (Å²) in [6.07, 6.45) is 6.48. The van der Waals surface area contributed by atoms with Gasteiger partial charge in [0, 0.05) is 31.6 Å². The second-order valence-electron chi connectivity index (χ2n) is 8.56. The topological polar surface area (TPSA) is 42.9 Å². The Balaban J connectivity index is 1.24. The van der Waals surface area contributed by atoms with Crippen molar-refractivity contribution < 1.29 is 0 Å². The van der Waals surface area contributed by atoms with Crippen LogP contribution in [0.5, 0.6) is 0 Å². The van der Waals surface area contributed by atoms with Crippen LogP contribution in [-0.2, 0) is 6.54 Å². The highest BCUT2D eigenvalue weighted by molar-refractivity contribution is 7.09. The van der Waals surface area contributed by atoms with Crippen molar-refractivity contribution in [3.8, 4) is 0 Å². The number of rotatable bonds is 8. The lowest BCUT2D eigenvalue weighted by Gasteiger charge is -2.32. The maximum atomic E-state index is 4.40. The van der Waals surface area contributed by atoms with Crippen LogP contribution in [0.1, 0.15) is 43.9 Å². The highest BCUT2D eigenvalue weighted by atomic mass is 32.1. The van der Waals surface area contributed by atoms with Crippen LogP contribution in [0.3, 0.4) is 0 Å². The van der Waals surface area contributed by atoms with Crippen molar-refractivity contribution in [2.45, 2.75) is 45.6 Å². The van der Waals surface area contributed by atoms with E-state index in [0.29, 0.717) is 0 Å². The zero-order chi connectivity index (χ0) is 19.6. The summed E-state index contributed by atoms with van der Waals surface area (Å²) in [6.45, 7) is 11.7. The van der Waals surface area contributed by atoms with E-state index in [1.54, 1.807) is 0 Å². The Morgan fingerprint density at radius 3 is 2.54 bits per heavy atom. The Labute approximate surface area is 175 Å². The Hall–Kier alpha value is -1.11. The van der Waals surface area contributed by atoms with Crippen LogP contribution >= 0.6 is 11.3 Å². The first-order valence-corrected chi connectivity index (χ1v) is 12.0. The average Bonchev–Trinajstić information content (AvgIpc) is 3.23. The van der Waals surface area contributed by atoms with Crippen LogP contribution in [-0.4, -0.2) is 68.6 Å². The summed E-state index contributed by atoms with van der Waals surface area (Å²) < 4.78 is 0. The third kappa shape index (κ3) is 7.37. The summed E-state index contributed by atoms with van der Waals surface area (Å²) >= 11 is 1.87. The van der Waals surface area contributed by atoms with Crippen molar-refractivity contribution in [2.24, 2.45) is 16.8 Å². The Morgan fingerprint density at radius 1 is 1.11 bits per heavy atom. The van der Waals surface area contributed by atoms with Crippen molar-refractivity contribution >= 4 is 17.3 Å². The maximum absolute atomic E-state index is 4.40. The molecule has 0 saturated carbocycles. The fourth-order valence-electron chi connectivity index (χ4n) is 4.23. The van der Waals surface area contributed by atoms with Crippen molar-refractivity contribution in [3.63, 3.8) is 0 Å². The van der Waals surface area contributed by atoms with Gasteiger partial charge in [-0.2, -0.15) is 0 Å². The fraction of sp³-hybridized carbons (Fsp3) is 0.773. The monoisotopic (exact) mass is 405 g/mol. The number of aliphatic imine (C=N–C) groups is 1. The summed E-state index contributed by atoms with van der Waals surface area (Å²) in [5.41, 5.74) is 0. The number of guanidine groups is 1. The Bertz CT molecular complexity index is 557. The van der Waals surface area contributed by atoms with E-state index in [1.165, 1.54) is 69.7 Å². The van der Waals surface area contributed by atoms with Gasteiger partial charge in [0.25, 0.3) is 0 Å². The molecule has 0 amide bonds. The molecule has 0 spiro atoms. The largest absolute Gasteiger partial charge is 0.356 e. The molecule has 2 saturated heterocycles. The third-order valence-electron chi connectivity index (χ3n) is 6.27. The van der Waals surface area contributed by atoms with Gasteiger partial charge in [0.2, 0.25) is 0 Å². The molecule has 2 fully saturated rings. The molecule has 2 aliphatic heterocycles. The summed E-state index contributed by atoms with van der Waals surface area (Å²) in [5.74, 6) is 2.64. The van der Waals surface area contributed by atoms with E-state index in [-0.39, 0.29) is 0 Å². The lowest BCUT2D eigenvalue weighted by Crippen LogP contribution is -2.43. The predicted octanol–water partition coefficient (Wildman–Crippen LogP) is 3.25. The van der Waals surface area contributed by atoms with Crippen LogP contribution in [0.15, 0.2) is 22.5 Å². The molecule has 2 aliphatic rings. The molecule has 5 nitrogen and oxygen atoms in total. The molecule has 3 heterocycles. The molecule has 1 aromatic rings. The summed E-state index contributed by atoms with van der Waals surface area (Å²) in [4.78, 5) is 11.1. The van der Waals surface area contributed by atoms with Crippen molar-refractivity contribution in [1.29, 1.82) is 0 Å². The molecule has 0 aromatic carbocycles. The molecule has 3 rings (SSSR count). The highest BCUT2D eigenvalue weighted by Gasteiger charge is 2.20. The maximum Gasteiger partial charge on any atom is 0.190 e. The van der Waals surface area contributed by atoms with Gasteiger partial charge in [0.15, 0.2) is 5.96 Å². The minimum Gasteiger partial charge on any atom is -0.356 e. The average molecular weight is 406 g/mol. The van der Waals surface area contributed by atoms with E-state index < -0.39 is 0 Å². The molecule has 0 aliphatic carbocycles. The van der Waals surface area contributed by atoms with E-state index in [4.69, 9.17) is 0 Å². The van der Waals surface area contributed by atoms with Gasteiger partial charge in [-0.05, 0) is 88.1 Å². The third-order valence-corrected chi connectivity index (χ3v) is 7.13. The normalized spacial score (nSPS) is 21.1. The predicted molar refractivity (Wildman–Crippen MR) is 121 cm³/mol. The van der Waals surface area contributed by atoms with Crippen molar-refractivity contribution in [1.82, 2.24) is 20.4 Å². The summed E-state index contributed by atoms with van der Waals surface area (Å²) in [6, 6.07) is 4.40. The first kappa shape index (κ1) is 21.6. The van der Waals surface area contributed by atoms with Gasteiger partial charge in [-0.3, -0.25) is 9.89 Å². The lowest BCUT2D eigenvalue weighted by atomic mass is 9.97. The summed E-state index contributed by atoms with van der Waals surface area (Å²) in [7, 11) is 1.88. The number of thiophene rings is 1. The molecule has 0 radical (unpaired) electrons. The quantitative estimate of drug-likeness (QED) is 0.396. The minimum absolute atomic E-state index is 0.758. The number of nitrogens with one attached hydrogen (secondary N) is 2. The van der Waals surface area contributed by atoms with Crippen LogP contribution < -0.4 is 10.6 Å². The molecule has 0 atom stereocenters. The molecule has 158 valence electrons. The van der Waals surface area contributed by atoms with Gasteiger partial charge < -0.3 is 15.5 Å². The van der Waals surface area contributed by atoms with E-state index in [2.05, 4.69) is 49.9 Å². The van der Waals surface area contributed by atoms with Crippen LogP contribution in [0.2, 0.25) is 0 Å². The van der Waals surface area contributed by atoms with E-state index in [1.807, 2.05) is 18.4 Å². The first-order chi connectivity index (χ1) is 13.7. The lowest BCUT2D eigenvalue weighted by molar-refractivity contribution is 0.179. The number of hydrogen-bond donors (Lipinski definition) is 2. The van der Waals surface area contributed by atoms with E-state index in [9.17, 15) is 0 Å². The minimum atomic E-state index is 0.758. The van der Waals surface area contributed by atoms with Crippen LogP contribution in [0.4, 0.5) is 0 Å². The Kier molecular flexibility index (Phi) is 9.09. The van der Waals surface area contributed by atoms with Crippen LogP contribution in [0, 0.1) is 11.8 Å². The molecular weight excluding hydrogens is 366 g/mol. The van der Waals surface area contributed by atoms with Crippen LogP contribution in [0.25, 0.3) is 0 Å².